The average molecular weight is 359 g/mol. The van der Waals surface area contributed by atoms with E-state index in [4.69, 9.17) is 27.9 Å². The number of amides is 2. The van der Waals surface area contributed by atoms with E-state index in [0.29, 0.717) is 44.0 Å². The Labute approximate surface area is 146 Å². The van der Waals surface area contributed by atoms with Crippen LogP contribution in [-0.2, 0) is 16.0 Å². The maximum atomic E-state index is 12.2. The summed E-state index contributed by atoms with van der Waals surface area (Å²) >= 11 is 11.3. The largest absolute Gasteiger partial charge is 0.448 e. The summed E-state index contributed by atoms with van der Waals surface area (Å²) in [5.41, 5.74) is 1.09. The van der Waals surface area contributed by atoms with Crippen LogP contribution in [-0.4, -0.2) is 60.5 Å². The zero-order chi connectivity index (χ0) is 16.7. The van der Waals surface area contributed by atoms with Crippen LogP contribution in [0.5, 0.6) is 0 Å². The first-order valence-electron chi connectivity index (χ1n) is 7.60. The minimum atomic E-state index is -0.362. The van der Waals surface area contributed by atoms with Crippen LogP contribution in [0.15, 0.2) is 24.3 Å². The SMILES string of the molecule is O=C(CCc1ccc(Cl)cc1)N1CCN(C(=O)OCCCl)CC1. The molecule has 0 N–H and O–H groups in total. The lowest BCUT2D eigenvalue weighted by Gasteiger charge is -2.34. The van der Waals surface area contributed by atoms with Gasteiger partial charge in [-0.15, -0.1) is 11.6 Å². The van der Waals surface area contributed by atoms with Crippen molar-refractivity contribution >= 4 is 35.2 Å². The number of hydrogen-bond acceptors (Lipinski definition) is 3. The fraction of sp³-hybridized carbons (Fsp3) is 0.500. The number of halogens is 2. The summed E-state index contributed by atoms with van der Waals surface area (Å²) in [6.07, 6.45) is 0.783. The molecule has 0 aliphatic carbocycles. The highest BCUT2D eigenvalue weighted by molar-refractivity contribution is 6.30. The molecular formula is C16H20Cl2N2O3. The van der Waals surface area contributed by atoms with E-state index >= 15 is 0 Å². The Balaban J connectivity index is 1.73. The quantitative estimate of drug-likeness (QED) is 0.760. The molecule has 1 saturated heterocycles. The molecule has 2 amide bonds. The number of hydrogen-bond donors (Lipinski definition) is 0. The molecule has 5 nitrogen and oxygen atoms in total. The number of rotatable bonds is 5. The van der Waals surface area contributed by atoms with Gasteiger partial charge in [0.1, 0.15) is 6.61 Å². The Kier molecular flexibility index (Phi) is 6.99. The molecule has 0 saturated carbocycles. The number of alkyl halides is 1. The van der Waals surface area contributed by atoms with Gasteiger partial charge < -0.3 is 14.5 Å². The Hall–Kier alpha value is -1.46. The summed E-state index contributed by atoms with van der Waals surface area (Å²) in [6, 6.07) is 7.51. The van der Waals surface area contributed by atoms with E-state index in [9.17, 15) is 9.59 Å². The van der Waals surface area contributed by atoms with Crippen molar-refractivity contribution in [3.05, 3.63) is 34.9 Å². The zero-order valence-electron chi connectivity index (χ0n) is 12.8. The van der Waals surface area contributed by atoms with Gasteiger partial charge in [-0.05, 0) is 24.1 Å². The molecule has 2 rings (SSSR count). The van der Waals surface area contributed by atoms with Crippen LogP contribution in [0.3, 0.4) is 0 Å². The van der Waals surface area contributed by atoms with Gasteiger partial charge in [0.25, 0.3) is 0 Å². The number of carbonyl (C=O) groups is 2. The number of ether oxygens (including phenoxy) is 1. The van der Waals surface area contributed by atoms with Gasteiger partial charge in [0, 0.05) is 37.6 Å². The third kappa shape index (κ3) is 5.59. The number of nitrogens with zero attached hydrogens (tertiary/aromatic N) is 2. The first-order valence-corrected chi connectivity index (χ1v) is 8.51. The van der Waals surface area contributed by atoms with Gasteiger partial charge in [-0.1, -0.05) is 23.7 Å². The van der Waals surface area contributed by atoms with Crippen molar-refractivity contribution in [1.29, 1.82) is 0 Å². The summed E-state index contributed by atoms with van der Waals surface area (Å²) in [4.78, 5) is 27.3. The molecule has 23 heavy (non-hydrogen) atoms. The second-order valence-electron chi connectivity index (χ2n) is 5.30. The third-order valence-corrected chi connectivity index (χ3v) is 4.14. The summed E-state index contributed by atoms with van der Waals surface area (Å²) in [5.74, 6) is 0.392. The first-order chi connectivity index (χ1) is 11.1. The molecule has 0 unspecified atom stereocenters. The van der Waals surface area contributed by atoms with E-state index in [2.05, 4.69) is 0 Å². The van der Waals surface area contributed by atoms with Crippen molar-refractivity contribution in [2.45, 2.75) is 12.8 Å². The predicted octanol–water partition coefficient (Wildman–Crippen LogP) is 2.79. The average Bonchev–Trinajstić information content (AvgIpc) is 2.59. The van der Waals surface area contributed by atoms with Gasteiger partial charge in [-0.3, -0.25) is 4.79 Å². The van der Waals surface area contributed by atoms with Crippen molar-refractivity contribution in [2.24, 2.45) is 0 Å². The smallest absolute Gasteiger partial charge is 0.409 e. The van der Waals surface area contributed by atoms with Gasteiger partial charge in [0.2, 0.25) is 5.91 Å². The summed E-state index contributed by atoms with van der Waals surface area (Å²) in [5, 5.41) is 0.692. The van der Waals surface area contributed by atoms with Crippen LogP contribution in [0.25, 0.3) is 0 Å². The van der Waals surface area contributed by atoms with Crippen LogP contribution < -0.4 is 0 Å². The van der Waals surface area contributed by atoms with E-state index < -0.39 is 0 Å². The molecule has 0 atom stereocenters. The van der Waals surface area contributed by atoms with Crippen LogP contribution in [0.2, 0.25) is 5.02 Å². The Morgan fingerprint density at radius 1 is 1.04 bits per heavy atom. The van der Waals surface area contributed by atoms with Crippen molar-refractivity contribution < 1.29 is 14.3 Å². The van der Waals surface area contributed by atoms with Crippen molar-refractivity contribution in [3.63, 3.8) is 0 Å². The molecule has 1 aromatic rings. The molecule has 126 valence electrons. The second kappa shape index (κ2) is 8.99. The number of piperazine rings is 1. The molecule has 1 heterocycles. The van der Waals surface area contributed by atoms with Crippen molar-refractivity contribution in [2.75, 3.05) is 38.7 Å². The molecule has 0 aromatic heterocycles. The fourth-order valence-corrected chi connectivity index (χ4v) is 2.62. The molecule has 1 fully saturated rings. The standard InChI is InChI=1S/C16H20Cl2N2O3/c17-7-12-23-16(22)20-10-8-19(9-11-20)15(21)6-3-13-1-4-14(18)5-2-13/h1-2,4-5H,3,6-12H2. The van der Waals surface area contributed by atoms with Crippen molar-refractivity contribution in [1.82, 2.24) is 9.80 Å². The van der Waals surface area contributed by atoms with E-state index in [1.54, 1.807) is 9.80 Å². The molecule has 1 aliphatic rings. The zero-order valence-corrected chi connectivity index (χ0v) is 14.4. The van der Waals surface area contributed by atoms with E-state index in [1.807, 2.05) is 24.3 Å². The first kappa shape index (κ1) is 17.9. The topological polar surface area (TPSA) is 49.9 Å². The molecule has 7 heteroatoms. The van der Waals surface area contributed by atoms with E-state index in [-0.39, 0.29) is 24.5 Å². The minimum absolute atomic E-state index is 0.105. The van der Waals surface area contributed by atoms with Crippen LogP contribution in [0, 0.1) is 0 Å². The normalized spacial score (nSPS) is 14.7. The Bertz CT molecular complexity index is 529. The summed E-state index contributed by atoms with van der Waals surface area (Å²) in [6.45, 7) is 2.27. The minimum Gasteiger partial charge on any atom is -0.448 e. The number of benzene rings is 1. The van der Waals surface area contributed by atoms with Crippen LogP contribution in [0.1, 0.15) is 12.0 Å². The Morgan fingerprint density at radius 3 is 2.26 bits per heavy atom. The lowest BCUT2D eigenvalue weighted by Crippen LogP contribution is -2.50. The maximum Gasteiger partial charge on any atom is 0.409 e. The van der Waals surface area contributed by atoms with Gasteiger partial charge in [0.15, 0.2) is 0 Å². The monoisotopic (exact) mass is 358 g/mol. The third-order valence-electron chi connectivity index (χ3n) is 3.73. The van der Waals surface area contributed by atoms with E-state index in [0.717, 1.165) is 5.56 Å². The lowest BCUT2D eigenvalue weighted by molar-refractivity contribution is -0.132. The molecule has 0 spiro atoms. The molecule has 0 radical (unpaired) electrons. The van der Waals surface area contributed by atoms with Gasteiger partial charge >= 0.3 is 6.09 Å². The molecule has 1 aromatic carbocycles. The van der Waals surface area contributed by atoms with Gasteiger partial charge in [-0.25, -0.2) is 4.79 Å². The second-order valence-corrected chi connectivity index (χ2v) is 6.11. The summed E-state index contributed by atoms with van der Waals surface area (Å²) in [7, 11) is 0. The Morgan fingerprint density at radius 2 is 1.65 bits per heavy atom. The number of carbonyl (C=O) groups excluding carboxylic acids is 2. The van der Waals surface area contributed by atoms with Crippen LogP contribution in [0.4, 0.5) is 4.79 Å². The fourth-order valence-electron chi connectivity index (χ4n) is 2.42. The van der Waals surface area contributed by atoms with Crippen LogP contribution >= 0.6 is 23.2 Å². The maximum absolute atomic E-state index is 12.2. The molecule has 1 aliphatic heterocycles. The lowest BCUT2D eigenvalue weighted by atomic mass is 10.1. The predicted molar refractivity (Wildman–Crippen MR) is 90.0 cm³/mol. The van der Waals surface area contributed by atoms with Gasteiger partial charge in [-0.2, -0.15) is 0 Å². The summed E-state index contributed by atoms with van der Waals surface area (Å²) < 4.78 is 4.98. The van der Waals surface area contributed by atoms with Gasteiger partial charge in [0.05, 0.1) is 5.88 Å². The molecular weight excluding hydrogens is 339 g/mol. The highest BCUT2D eigenvalue weighted by Gasteiger charge is 2.24. The van der Waals surface area contributed by atoms with Crippen molar-refractivity contribution in [3.8, 4) is 0 Å². The number of aryl methyl sites for hydroxylation is 1. The molecule has 0 bridgehead atoms. The highest BCUT2D eigenvalue weighted by atomic mass is 35.5. The van der Waals surface area contributed by atoms with E-state index in [1.165, 1.54) is 0 Å². The highest BCUT2D eigenvalue weighted by Crippen LogP contribution is 2.12.